The maximum absolute atomic E-state index is 11.2. The molecule has 3 rings (SSSR count). The zero-order chi connectivity index (χ0) is 12.0. The Morgan fingerprint density at radius 1 is 1.18 bits per heavy atom. The Morgan fingerprint density at radius 3 is 2.76 bits per heavy atom. The van der Waals surface area contributed by atoms with Crippen LogP contribution in [0.3, 0.4) is 0 Å². The summed E-state index contributed by atoms with van der Waals surface area (Å²) in [4.78, 5) is 11.2. The van der Waals surface area contributed by atoms with Gasteiger partial charge in [-0.2, -0.15) is 0 Å². The highest BCUT2D eigenvalue weighted by atomic mass is 35.5. The minimum atomic E-state index is -0.885. The van der Waals surface area contributed by atoms with E-state index >= 15 is 0 Å². The number of benzene rings is 2. The van der Waals surface area contributed by atoms with Gasteiger partial charge < -0.3 is 5.11 Å². The van der Waals surface area contributed by atoms with Gasteiger partial charge >= 0.3 is 5.97 Å². The van der Waals surface area contributed by atoms with Crippen LogP contribution in [-0.4, -0.2) is 11.1 Å². The topological polar surface area (TPSA) is 37.3 Å². The molecule has 2 aromatic carbocycles. The molecule has 84 valence electrons. The Morgan fingerprint density at radius 2 is 2.00 bits per heavy atom. The molecule has 2 nitrogen and oxygen atoms in total. The van der Waals surface area contributed by atoms with Crippen LogP contribution in [0.4, 0.5) is 0 Å². The average molecular weight is 245 g/mol. The van der Waals surface area contributed by atoms with E-state index in [4.69, 9.17) is 11.6 Å². The highest BCUT2D eigenvalue weighted by Crippen LogP contribution is 2.39. The van der Waals surface area contributed by atoms with Crippen molar-refractivity contribution in [3.05, 3.63) is 58.1 Å². The molecule has 0 bridgehead atoms. The van der Waals surface area contributed by atoms with E-state index in [1.54, 1.807) is 18.2 Å². The first-order valence-corrected chi connectivity index (χ1v) is 5.68. The normalized spacial score (nSPS) is 12.1. The van der Waals surface area contributed by atoms with E-state index in [0.29, 0.717) is 10.6 Å². The van der Waals surface area contributed by atoms with Gasteiger partial charge in [0.15, 0.2) is 0 Å². The molecule has 0 amide bonds. The predicted molar refractivity (Wildman–Crippen MR) is 66.7 cm³/mol. The molecule has 0 spiro atoms. The molecule has 0 atom stereocenters. The van der Waals surface area contributed by atoms with E-state index in [1.165, 1.54) is 0 Å². The first-order chi connectivity index (χ1) is 8.16. The Bertz CT molecular complexity index is 632. The Kier molecular flexibility index (Phi) is 2.20. The van der Waals surface area contributed by atoms with Crippen LogP contribution in [-0.2, 0) is 6.42 Å². The summed E-state index contributed by atoms with van der Waals surface area (Å²) in [5.74, 6) is -0.885. The van der Waals surface area contributed by atoms with Crippen molar-refractivity contribution < 1.29 is 9.90 Å². The van der Waals surface area contributed by atoms with Crippen LogP contribution in [0.2, 0.25) is 5.02 Å². The molecule has 1 aliphatic carbocycles. The minimum absolute atomic E-state index is 0.364. The second kappa shape index (κ2) is 3.60. The van der Waals surface area contributed by atoms with Crippen LogP contribution in [0, 0.1) is 0 Å². The fraction of sp³-hybridized carbons (Fsp3) is 0.0714. The van der Waals surface area contributed by atoms with E-state index in [9.17, 15) is 9.90 Å². The van der Waals surface area contributed by atoms with Crippen LogP contribution in [0.25, 0.3) is 11.1 Å². The molecule has 1 aliphatic rings. The summed E-state index contributed by atoms with van der Waals surface area (Å²) >= 11 is 5.95. The smallest absolute Gasteiger partial charge is 0.336 e. The number of aromatic carboxylic acids is 1. The first-order valence-electron chi connectivity index (χ1n) is 5.31. The van der Waals surface area contributed by atoms with Gasteiger partial charge in [0.05, 0.1) is 5.56 Å². The highest BCUT2D eigenvalue weighted by molar-refractivity contribution is 6.30. The molecule has 2 aromatic rings. The molecule has 0 saturated heterocycles. The molecule has 0 radical (unpaired) electrons. The Hall–Kier alpha value is -1.80. The zero-order valence-corrected chi connectivity index (χ0v) is 9.66. The minimum Gasteiger partial charge on any atom is -0.478 e. The van der Waals surface area contributed by atoms with Crippen molar-refractivity contribution in [2.24, 2.45) is 0 Å². The number of hydrogen-bond acceptors (Lipinski definition) is 1. The Labute approximate surface area is 103 Å². The van der Waals surface area contributed by atoms with E-state index in [2.05, 4.69) is 0 Å². The molecular formula is C14H9ClO2. The molecule has 0 saturated carbocycles. The lowest BCUT2D eigenvalue weighted by molar-refractivity contribution is 0.0697. The monoisotopic (exact) mass is 244 g/mol. The van der Waals surface area contributed by atoms with Crippen molar-refractivity contribution in [3.8, 4) is 11.1 Å². The summed E-state index contributed by atoms with van der Waals surface area (Å²) in [5.41, 5.74) is 4.35. The van der Waals surface area contributed by atoms with E-state index in [-0.39, 0.29) is 0 Å². The third kappa shape index (κ3) is 1.53. The molecular weight excluding hydrogens is 236 g/mol. The maximum atomic E-state index is 11.2. The highest BCUT2D eigenvalue weighted by Gasteiger charge is 2.23. The standard InChI is InChI=1S/C14H9ClO2/c15-10-4-5-11-9(7-10)6-8-2-1-3-12(13(8)11)14(16)17/h1-5,7H,6H2,(H,16,17). The van der Waals surface area contributed by atoms with Crippen LogP contribution < -0.4 is 0 Å². The predicted octanol–water partition coefficient (Wildman–Crippen LogP) is 3.61. The fourth-order valence-electron chi connectivity index (χ4n) is 2.40. The van der Waals surface area contributed by atoms with Gasteiger partial charge in [0, 0.05) is 5.02 Å². The van der Waals surface area contributed by atoms with Crippen LogP contribution in [0.5, 0.6) is 0 Å². The third-order valence-corrected chi connectivity index (χ3v) is 3.33. The lowest BCUT2D eigenvalue weighted by Gasteiger charge is -2.05. The van der Waals surface area contributed by atoms with Gasteiger partial charge in [-0.05, 0) is 46.9 Å². The molecule has 0 aliphatic heterocycles. The average Bonchev–Trinajstić information content (AvgIpc) is 2.65. The summed E-state index contributed by atoms with van der Waals surface area (Å²) in [7, 11) is 0. The molecule has 0 aromatic heterocycles. The van der Waals surface area contributed by atoms with Crippen molar-refractivity contribution in [3.63, 3.8) is 0 Å². The number of carbonyl (C=O) groups is 1. The van der Waals surface area contributed by atoms with E-state index in [0.717, 1.165) is 28.7 Å². The summed E-state index contributed by atoms with van der Waals surface area (Å²) in [6.07, 6.45) is 0.756. The largest absolute Gasteiger partial charge is 0.478 e. The van der Waals surface area contributed by atoms with Crippen molar-refractivity contribution in [1.82, 2.24) is 0 Å². The van der Waals surface area contributed by atoms with Gasteiger partial charge in [0.1, 0.15) is 0 Å². The SMILES string of the molecule is O=C(O)c1cccc2c1-c1ccc(Cl)cc1C2. The molecule has 17 heavy (non-hydrogen) atoms. The second-order valence-electron chi connectivity index (χ2n) is 4.12. The van der Waals surface area contributed by atoms with Crippen LogP contribution >= 0.6 is 11.6 Å². The van der Waals surface area contributed by atoms with E-state index in [1.807, 2.05) is 18.2 Å². The fourth-order valence-corrected chi connectivity index (χ4v) is 2.60. The molecule has 0 unspecified atom stereocenters. The van der Waals surface area contributed by atoms with Crippen LogP contribution in [0.15, 0.2) is 36.4 Å². The first kappa shape index (κ1) is 10.4. The number of rotatable bonds is 1. The maximum Gasteiger partial charge on any atom is 0.336 e. The summed E-state index contributed by atoms with van der Waals surface area (Å²) in [6, 6.07) is 11.0. The number of halogens is 1. The van der Waals surface area contributed by atoms with Crippen molar-refractivity contribution in [2.45, 2.75) is 6.42 Å². The van der Waals surface area contributed by atoms with Gasteiger partial charge in [-0.15, -0.1) is 0 Å². The third-order valence-electron chi connectivity index (χ3n) is 3.10. The number of carboxylic acids is 1. The summed E-state index contributed by atoms with van der Waals surface area (Å²) in [6.45, 7) is 0. The molecule has 3 heteroatoms. The van der Waals surface area contributed by atoms with Gasteiger partial charge in [0.2, 0.25) is 0 Å². The van der Waals surface area contributed by atoms with E-state index < -0.39 is 5.97 Å². The van der Waals surface area contributed by atoms with Gasteiger partial charge in [-0.3, -0.25) is 0 Å². The number of hydrogen-bond donors (Lipinski definition) is 1. The summed E-state index contributed by atoms with van der Waals surface area (Å²) < 4.78 is 0. The van der Waals surface area contributed by atoms with Gasteiger partial charge in [0.25, 0.3) is 0 Å². The Balaban J connectivity index is 2.30. The number of carboxylic acid groups (broad SMARTS) is 1. The molecule has 1 N–H and O–H groups in total. The van der Waals surface area contributed by atoms with Crippen LogP contribution in [0.1, 0.15) is 21.5 Å². The molecule has 0 heterocycles. The van der Waals surface area contributed by atoms with Crippen molar-refractivity contribution in [1.29, 1.82) is 0 Å². The quantitative estimate of drug-likeness (QED) is 0.710. The zero-order valence-electron chi connectivity index (χ0n) is 8.90. The lowest BCUT2D eigenvalue weighted by atomic mass is 10.00. The lowest BCUT2D eigenvalue weighted by Crippen LogP contribution is -1.99. The summed E-state index contributed by atoms with van der Waals surface area (Å²) in [5, 5.41) is 9.89. The van der Waals surface area contributed by atoms with Crippen molar-refractivity contribution >= 4 is 17.6 Å². The second-order valence-corrected chi connectivity index (χ2v) is 4.56. The number of fused-ring (bicyclic) bond motifs is 3. The van der Waals surface area contributed by atoms with Gasteiger partial charge in [-0.25, -0.2) is 4.79 Å². The molecule has 0 fully saturated rings. The van der Waals surface area contributed by atoms with Crippen molar-refractivity contribution in [2.75, 3.05) is 0 Å². The van der Waals surface area contributed by atoms with Gasteiger partial charge in [-0.1, -0.05) is 29.8 Å².